The van der Waals surface area contributed by atoms with Crippen LogP contribution in [0.15, 0.2) is 24.3 Å². The number of rotatable bonds is 3. The quantitative estimate of drug-likeness (QED) is 0.863. The Morgan fingerprint density at radius 1 is 1.10 bits per heavy atom. The lowest BCUT2D eigenvalue weighted by molar-refractivity contribution is 0.0753. The third-order valence-corrected chi connectivity index (χ3v) is 3.81. The van der Waals surface area contributed by atoms with Gasteiger partial charge in [0.15, 0.2) is 0 Å². The van der Waals surface area contributed by atoms with Gasteiger partial charge in [-0.25, -0.2) is 0 Å². The second-order valence-electron chi connectivity index (χ2n) is 8.44. The zero-order valence-corrected chi connectivity index (χ0v) is 14.0. The van der Waals surface area contributed by atoms with E-state index in [2.05, 4.69) is 72.0 Å². The van der Waals surface area contributed by atoms with E-state index in [9.17, 15) is 0 Å². The monoisotopic (exact) mass is 275 g/mol. The topological polar surface area (TPSA) is 21.3 Å². The van der Waals surface area contributed by atoms with Crippen molar-refractivity contribution in [1.82, 2.24) is 5.32 Å². The zero-order chi connectivity index (χ0) is 15.2. The van der Waals surface area contributed by atoms with Crippen molar-refractivity contribution in [3.8, 4) is 5.75 Å². The van der Waals surface area contributed by atoms with Crippen molar-refractivity contribution in [3.63, 3.8) is 0 Å². The molecule has 2 heteroatoms. The lowest BCUT2D eigenvalue weighted by Crippen LogP contribution is -2.50. The normalized spacial score (nSPS) is 21.4. The number of fused-ring (bicyclic) bond motifs is 1. The SMILES string of the molecule is CC(C)(C)CC(C)(C)NC1c2ccccc2OC1(C)C. The Morgan fingerprint density at radius 3 is 2.30 bits per heavy atom. The predicted molar refractivity (Wildman–Crippen MR) is 85.2 cm³/mol. The first kappa shape index (κ1) is 15.4. The summed E-state index contributed by atoms with van der Waals surface area (Å²) < 4.78 is 6.12. The van der Waals surface area contributed by atoms with Crippen LogP contribution in [-0.2, 0) is 0 Å². The van der Waals surface area contributed by atoms with Crippen molar-refractivity contribution < 1.29 is 4.74 Å². The van der Waals surface area contributed by atoms with Crippen LogP contribution in [0.4, 0.5) is 0 Å². The van der Waals surface area contributed by atoms with Crippen molar-refractivity contribution in [2.24, 2.45) is 5.41 Å². The number of hydrogen-bond acceptors (Lipinski definition) is 2. The molecule has 1 heterocycles. The number of benzene rings is 1. The van der Waals surface area contributed by atoms with Crippen LogP contribution >= 0.6 is 0 Å². The molecule has 0 saturated heterocycles. The molecule has 112 valence electrons. The Hall–Kier alpha value is -1.02. The van der Waals surface area contributed by atoms with Crippen LogP contribution in [0.5, 0.6) is 5.75 Å². The van der Waals surface area contributed by atoms with Gasteiger partial charge in [0.2, 0.25) is 0 Å². The molecule has 1 aromatic carbocycles. The van der Waals surface area contributed by atoms with Gasteiger partial charge < -0.3 is 10.1 Å². The van der Waals surface area contributed by atoms with Crippen LogP contribution in [-0.4, -0.2) is 11.1 Å². The highest BCUT2D eigenvalue weighted by atomic mass is 16.5. The molecule has 0 aromatic heterocycles. The fourth-order valence-electron chi connectivity index (χ4n) is 3.55. The summed E-state index contributed by atoms with van der Waals surface area (Å²) in [5.41, 5.74) is 1.44. The highest BCUT2D eigenvalue weighted by Gasteiger charge is 2.43. The molecular weight excluding hydrogens is 246 g/mol. The van der Waals surface area contributed by atoms with Gasteiger partial charge in [-0.3, -0.25) is 0 Å². The summed E-state index contributed by atoms with van der Waals surface area (Å²) in [4.78, 5) is 0. The van der Waals surface area contributed by atoms with E-state index in [1.807, 2.05) is 6.07 Å². The summed E-state index contributed by atoms with van der Waals surface area (Å²) in [7, 11) is 0. The molecular formula is C18H29NO. The third-order valence-electron chi connectivity index (χ3n) is 3.81. The molecule has 1 aliphatic rings. The van der Waals surface area contributed by atoms with Gasteiger partial charge in [-0.05, 0) is 45.6 Å². The maximum Gasteiger partial charge on any atom is 0.125 e. The summed E-state index contributed by atoms with van der Waals surface area (Å²) in [6, 6.07) is 8.60. The van der Waals surface area contributed by atoms with Gasteiger partial charge in [0.25, 0.3) is 0 Å². The molecule has 1 aromatic rings. The summed E-state index contributed by atoms with van der Waals surface area (Å²) in [6.07, 6.45) is 1.12. The Kier molecular flexibility index (Phi) is 3.66. The molecule has 0 fully saturated rings. The van der Waals surface area contributed by atoms with Crippen LogP contribution in [0.2, 0.25) is 0 Å². The van der Waals surface area contributed by atoms with Gasteiger partial charge >= 0.3 is 0 Å². The van der Waals surface area contributed by atoms with E-state index in [4.69, 9.17) is 4.74 Å². The van der Waals surface area contributed by atoms with E-state index in [1.165, 1.54) is 5.56 Å². The molecule has 2 rings (SSSR count). The van der Waals surface area contributed by atoms with Crippen LogP contribution in [0.1, 0.15) is 66.5 Å². The van der Waals surface area contributed by atoms with Gasteiger partial charge in [0.05, 0.1) is 6.04 Å². The highest BCUT2D eigenvalue weighted by molar-refractivity contribution is 5.42. The van der Waals surface area contributed by atoms with E-state index < -0.39 is 0 Å². The first-order valence-electron chi connectivity index (χ1n) is 7.56. The lowest BCUT2D eigenvalue weighted by atomic mass is 9.80. The van der Waals surface area contributed by atoms with Crippen LogP contribution in [0.25, 0.3) is 0 Å². The minimum absolute atomic E-state index is 0.0704. The fourth-order valence-corrected chi connectivity index (χ4v) is 3.55. The summed E-state index contributed by atoms with van der Waals surface area (Å²) in [5.74, 6) is 1.02. The largest absolute Gasteiger partial charge is 0.486 e. The van der Waals surface area contributed by atoms with E-state index in [0.29, 0.717) is 5.41 Å². The van der Waals surface area contributed by atoms with E-state index >= 15 is 0 Å². The second-order valence-corrected chi connectivity index (χ2v) is 8.44. The van der Waals surface area contributed by atoms with Crippen molar-refractivity contribution in [1.29, 1.82) is 0 Å². The average Bonchev–Trinajstić information content (AvgIpc) is 2.46. The molecule has 0 amide bonds. The molecule has 1 unspecified atom stereocenters. The standard InChI is InChI=1S/C18H29NO/c1-16(2,3)12-17(4,5)19-15-13-10-8-9-11-14(13)20-18(15,6)7/h8-11,15,19H,12H2,1-7H3. The number of nitrogens with one attached hydrogen (secondary N) is 1. The maximum atomic E-state index is 6.12. The van der Waals surface area contributed by atoms with Gasteiger partial charge in [-0.1, -0.05) is 39.0 Å². The molecule has 0 saturated carbocycles. The summed E-state index contributed by atoms with van der Waals surface area (Å²) in [6.45, 7) is 15.8. The third kappa shape index (κ3) is 3.35. The van der Waals surface area contributed by atoms with Gasteiger partial charge in [-0.15, -0.1) is 0 Å². The van der Waals surface area contributed by atoms with Crippen molar-refractivity contribution in [2.75, 3.05) is 0 Å². The number of ether oxygens (including phenoxy) is 1. The number of para-hydroxylation sites is 1. The Labute approximate surface area is 123 Å². The minimum atomic E-state index is -0.209. The van der Waals surface area contributed by atoms with E-state index in [-0.39, 0.29) is 17.2 Å². The molecule has 0 spiro atoms. The maximum absolute atomic E-state index is 6.12. The molecule has 0 radical (unpaired) electrons. The van der Waals surface area contributed by atoms with Crippen LogP contribution in [0, 0.1) is 5.41 Å². The average molecular weight is 275 g/mol. The highest BCUT2D eigenvalue weighted by Crippen LogP contribution is 2.44. The Morgan fingerprint density at radius 2 is 1.70 bits per heavy atom. The Bertz CT molecular complexity index is 482. The molecule has 1 N–H and O–H groups in total. The first-order valence-corrected chi connectivity index (χ1v) is 7.56. The minimum Gasteiger partial charge on any atom is -0.486 e. The molecule has 20 heavy (non-hydrogen) atoms. The molecule has 1 aliphatic heterocycles. The molecule has 0 aliphatic carbocycles. The lowest BCUT2D eigenvalue weighted by Gasteiger charge is -2.39. The van der Waals surface area contributed by atoms with Gasteiger partial charge in [0, 0.05) is 11.1 Å². The Balaban J connectivity index is 2.24. The number of hydrogen-bond donors (Lipinski definition) is 1. The predicted octanol–water partition coefficient (Wildman–Crippen LogP) is 4.70. The van der Waals surface area contributed by atoms with Crippen molar-refractivity contribution in [3.05, 3.63) is 29.8 Å². The van der Waals surface area contributed by atoms with Crippen LogP contribution < -0.4 is 10.1 Å². The van der Waals surface area contributed by atoms with Crippen molar-refractivity contribution >= 4 is 0 Å². The second kappa shape index (κ2) is 4.77. The molecule has 2 nitrogen and oxygen atoms in total. The molecule has 1 atom stereocenters. The molecule has 0 bridgehead atoms. The van der Waals surface area contributed by atoms with Crippen molar-refractivity contribution in [2.45, 2.75) is 72.1 Å². The van der Waals surface area contributed by atoms with E-state index in [0.717, 1.165) is 12.2 Å². The van der Waals surface area contributed by atoms with Gasteiger partial charge in [0.1, 0.15) is 11.4 Å². The zero-order valence-electron chi connectivity index (χ0n) is 14.0. The van der Waals surface area contributed by atoms with E-state index in [1.54, 1.807) is 0 Å². The summed E-state index contributed by atoms with van der Waals surface area (Å²) >= 11 is 0. The van der Waals surface area contributed by atoms with Gasteiger partial charge in [-0.2, -0.15) is 0 Å². The fraction of sp³-hybridized carbons (Fsp3) is 0.667. The smallest absolute Gasteiger partial charge is 0.125 e. The summed E-state index contributed by atoms with van der Waals surface area (Å²) in [5, 5.41) is 3.83. The first-order chi connectivity index (χ1) is 9.00. The van der Waals surface area contributed by atoms with Crippen LogP contribution in [0.3, 0.4) is 0 Å².